The van der Waals surface area contributed by atoms with Gasteiger partial charge >= 0.3 is 0 Å². The number of aryl methyl sites for hydroxylation is 1. The van der Waals surface area contributed by atoms with Crippen molar-refractivity contribution in [1.82, 2.24) is 30.7 Å². The quantitative estimate of drug-likeness (QED) is 0.517. The van der Waals surface area contributed by atoms with Crippen molar-refractivity contribution in [2.45, 2.75) is 69.6 Å². The number of aromatic nitrogens is 3. The van der Waals surface area contributed by atoms with E-state index in [2.05, 4.69) is 68.3 Å². The van der Waals surface area contributed by atoms with E-state index >= 15 is 0 Å². The summed E-state index contributed by atoms with van der Waals surface area (Å²) < 4.78 is 2.00. The fourth-order valence-corrected chi connectivity index (χ4v) is 4.70. The van der Waals surface area contributed by atoms with Gasteiger partial charge in [0.25, 0.3) is 0 Å². The van der Waals surface area contributed by atoms with Gasteiger partial charge in [0.05, 0.1) is 6.54 Å². The molecule has 1 saturated carbocycles. The van der Waals surface area contributed by atoms with Crippen molar-refractivity contribution < 1.29 is 0 Å². The first-order valence-corrected chi connectivity index (χ1v) is 10.8. The smallest absolute Gasteiger partial charge is 0.191 e. The first kappa shape index (κ1) is 19.9. The minimum absolute atomic E-state index is 0.110. The van der Waals surface area contributed by atoms with E-state index in [1.54, 1.807) is 6.33 Å². The summed E-state index contributed by atoms with van der Waals surface area (Å²) in [5.74, 6) is 1.95. The van der Waals surface area contributed by atoms with Gasteiger partial charge in [0.2, 0.25) is 0 Å². The van der Waals surface area contributed by atoms with E-state index in [0.29, 0.717) is 12.1 Å². The van der Waals surface area contributed by atoms with E-state index in [0.717, 1.165) is 37.7 Å². The number of benzene rings is 1. The fourth-order valence-electron chi connectivity index (χ4n) is 4.70. The van der Waals surface area contributed by atoms with Crippen LogP contribution >= 0.6 is 0 Å². The number of nitrogens with zero attached hydrogens (tertiary/aromatic N) is 4. The van der Waals surface area contributed by atoms with Gasteiger partial charge in [-0.1, -0.05) is 43.2 Å². The molecular weight excluding hydrogens is 362 g/mol. The molecule has 29 heavy (non-hydrogen) atoms. The van der Waals surface area contributed by atoms with Gasteiger partial charge in [0, 0.05) is 37.6 Å². The summed E-state index contributed by atoms with van der Waals surface area (Å²) in [6.07, 6.45) is 8.59. The molecule has 156 valence electrons. The van der Waals surface area contributed by atoms with Gasteiger partial charge in [0.1, 0.15) is 12.2 Å². The second kappa shape index (κ2) is 8.95. The minimum atomic E-state index is 0.110. The van der Waals surface area contributed by atoms with Crippen LogP contribution in [0, 0.1) is 0 Å². The Balaban J connectivity index is 1.34. The highest BCUT2D eigenvalue weighted by Gasteiger charge is 2.35. The molecule has 7 nitrogen and oxygen atoms in total. The number of fused-ring (bicyclic) bond motifs is 1. The van der Waals surface area contributed by atoms with E-state index in [-0.39, 0.29) is 5.54 Å². The molecule has 2 heterocycles. The SMILES string of the molecule is CN=C(NCC1(NC(C)c2ccccc2)CCCC1)NC1CCc2ncnn2C1. The Labute approximate surface area is 173 Å². The van der Waals surface area contributed by atoms with Gasteiger partial charge in [-0.2, -0.15) is 5.10 Å². The maximum atomic E-state index is 4.48. The lowest BCUT2D eigenvalue weighted by Crippen LogP contribution is -2.55. The van der Waals surface area contributed by atoms with Crippen LogP contribution in [-0.2, 0) is 13.0 Å². The highest BCUT2D eigenvalue weighted by Crippen LogP contribution is 2.31. The summed E-state index contributed by atoms with van der Waals surface area (Å²) in [6.45, 7) is 3.98. The standard InChI is InChI=1S/C22H33N7/c1-17(18-8-4-3-5-9-18)28-22(12-6-7-13-22)15-24-21(23-2)27-19-10-11-20-25-16-26-29(20)14-19/h3-5,8-9,16-17,19,28H,6-7,10-15H2,1-2H3,(H2,23,24,27). The third-order valence-corrected chi connectivity index (χ3v) is 6.35. The van der Waals surface area contributed by atoms with Crippen LogP contribution in [0.1, 0.15) is 56.5 Å². The van der Waals surface area contributed by atoms with E-state index < -0.39 is 0 Å². The molecule has 2 atom stereocenters. The van der Waals surface area contributed by atoms with Crippen LogP contribution < -0.4 is 16.0 Å². The van der Waals surface area contributed by atoms with Crippen molar-refractivity contribution in [3.63, 3.8) is 0 Å². The van der Waals surface area contributed by atoms with Crippen molar-refractivity contribution in [2.75, 3.05) is 13.6 Å². The number of hydrogen-bond donors (Lipinski definition) is 3. The Kier molecular flexibility index (Phi) is 6.13. The Morgan fingerprint density at radius 1 is 1.28 bits per heavy atom. The summed E-state index contributed by atoms with van der Waals surface area (Å²) in [5.41, 5.74) is 1.45. The molecule has 7 heteroatoms. The second-order valence-corrected chi connectivity index (χ2v) is 8.43. The number of hydrogen-bond acceptors (Lipinski definition) is 4. The zero-order chi connectivity index (χ0) is 20.1. The van der Waals surface area contributed by atoms with Crippen LogP contribution in [0.5, 0.6) is 0 Å². The molecule has 1 aromatic heterocycles. The molecule has 1 aromatic carbocycles. The molecule has 1 fully saturated rings. The van der Waals surface area contributed by atoms with Crippen LogP contribution in [0.25, 0.3) is 0 Å². The molecular formula is C22H33N7. The van der Waals surface area contributed by atoms with Crippen molar-refractivity contribution in [2.24, 2.45) is 4.99 Å². The maximum Gasteiger partial charge on any atom is 0.191 e. The van der Waals surface area contributed by atoms with Crippen LogP contribution in [0.4, 0.5) is 0 Å². The molecule has 0 bridgehead atoms. The molecule has 1 aliphatic heterocycles. The Morgan fingerprint density at radius 2 is 2.07 bits per heavy atom. The van der Waals surface area contributed by atoms with Gasteiger partial charge in [-0.25, -0.2) is 9.67 Å². The normalized spacial score (nSPS) is 22.1. The van der Waals surface area contributed by atoms with Crippen molar-refractivity contribution in [1.29, 1.82) is 0 Å². The van der Waals surface area contributed by atoms with E-state index in [9.17, 15) is 0 Å². The van der Waals surface area contributed by atoms with Crippen molar-refractivity contribution in [3.8, 4) is 0 Å². The van der Waals surface area contributed by atoms with Gasteiger partial charge in [-0.15, -0.1) is 0 Å². The Bertz CT molecular complexity index is 808. The number of rotatable bonds is 6. The van der Waals surface area contributed by atoms with E-state index in [1.165, 1.54) is 31.2 Å². The lowest BCUT2D eigenvalue weighted by Gasteiger charge is -2.35. The summed E-state index contributed by atoms with van der Waals surface area (Å²) >= 11 is 0. The largest absolute Gasteiger partial charge is 0.355 e. The second-order valence-electron chi connectivity index (χ2n) is 8.43. The monoisotopic (exact) mass is 395 g/mol. The molecule has 0 radical (unpaired) electrons. The van der Waals surface area contributed by atoms with Crippen molar-refractivity contribution in [3.05, 3.63) is 48.0 Å². The zero-order valence-electron chi connectivity index (χ0n) is 17.6. The average molecular weight is 396 g/mol. The van der Waals surface area contributed by atoms with Gasteiger partial charge in [-0.05, 0) is 31.7 Å². The summed E-state index contributed by atoms with van der Waals surface area (Å²) in [6, 6.07) is 11.4. The molecule has 0 spiro atoms. The van der Waals surface area contributed by atoms with Gasteiger partial charge in [-0.3, -0.25) is 4.99 Å². The summed E-state index contributed by atoms with van der Waals surface area (Å²) in [4.78, 5) is 8.79. The van der Waals surface area contributed by atoms with Crippen LogP contribution in [0.2, 0.25) is 0 Å². The predicted molar refractivity (Wildman–Crippen MR) is 116 cm³/mol. The summed E-state index contributed by atoms with van der Waals surface area (Å²) in [5, 5.41) is 15.4. The van der Waals surface area contributed by atoms with Gasteiger partial charge < -0.3 is 16.0 Å². The molecule has 2 aliphatic rings. The molecule has 0 saturated heterocycles. The van der Waals surface area contributed by atoms with Crippen molar-refractivity contribution >= 4 is 5.96 Å². The highest BCUT2D eigenvalue weighted by molar-refractivity contribution is 5.80. The zero-order valence-corrected chi connectivity index (χ0v) is 17.6. The van der Waals surface area contributed by atoms with E-state index in [4.69, 9.17) is 0 Å². The molecule has 2 aromatic rings. The number of nitrogens with one attached hydrogen (secondary N) is 3. The summed E-state index contributed by atoms with van der Waals surface area (Å²) in [7, 11) is 1.85. The molecule has 0 amide bonds. The minimum Gasteiger partial charge on any atom is -0.355 e. The lowest BCUT2D eigenvalue weighted by atomic mass is 9.94. The third kappa shape index (κ3) is 4.78. The topological polar surface area (TPSA) is 79.2 Å². The van der Waals surface area contributed by atoms with Crippen LogP contribution in [0.15, 0.2) is 41.7 Å². The average Bonchev–Trinajstić information content (AvgIpc) is 3.41. The van der Waals surface area contributed by atoms with Gasteiger partial charge in [0.15, 0.2) is 5.96 Å². The Hall–Kier alpha value is -2.41. The van der Waals surface area contributed by atoms with Crippen LogP contribution in [0.3, 0.4) is 0 Å². The first-order valence-electron chi connectivity index (χ1n) is 10.8. The molecule has 1 aliphatic carbocycles. The highest BCUT2D eigenvalue weighted by atomic mass is 15.4. The third-order valence-electron chi connectivity index (χ3n) is 6.35. The molecule has 4 rings (SSSR count). The number of aliphatic imine (C=N–C) groups is 1. The van der Waals surface area contributed by atoms with E-state index in [1.807, 2.05) is 11.7 Å². The lowest BCUT2D eigenvalue weighted by molar-refractivity contribution is 0.296. The molecule has 2 unspecified atom stereocenters. The van der Waals surface area contributed by atoms with Crippen LogP contribution in [-0.4, -0.2) is 45.9 Å². The Morgan fingerprint density at radius 3 is 2.83 bits per heavy atom. The predicted octanol–water partition coefficient (Wildman–Crippen LogP) is 2.42. The number of guanidine groups is 1. The first-order chi connectivity index (χ1) is 14.2. The fraction of sp³-hybridized carbons (Fsp3) is 0.591. The molecule has 3 N–H and O–H groups in total. The maximum absolute atomic E-state index is 4.48.